The van der Waals surface area contributed by atoms with Crippen LogP contribution in [0.5, 0.6) is 5.75 Å². The second kappa shape index (κ2) is 5.77. The second-order valence-corrected chi connectivity index (χ2v) is 4.02. The minimum atomic E-state index is -1.24. The van der Waals surface area contributed by atoms with E-state index in [0.717, 1.165) is 10.7 Å². The third kappa shape index (κ3) is 3.43. The first-order valence-corrected chi connectivity index (χ1v) is 5.31. The van der Waals surface area contributed by atoms with E-state index in [1.165, 1.54) is 7.11 Å². The van der Waals surface area contributed by atoms with E-state index < -0.39 is 5.97 Å². The van der Waals surface area contributed by atoms with E-state index in [9.17, 15) is 4.79 Å². The Balaban J connectivity index is 2.98. The normalized spacial score (nSPS) is 11.1. The van der Waals surface area contributed by atoms with Crippen molar-refractivity contribution in [2.45, 2.75) is 0 Å². The SMILES string of the molecule is CO/C=C(\Oc1cc(Br)ccc1Cl)C(=O)O. The number of carboxylic acid groups (broad SMARTS) is 1. The minimum Gasteiger partial charge on any atom is -0.500 e. The van der Waals surface area contributed by atoms with Crippen LogP contribution in [0, 0.1) is 0 Å². The van der Waals surface area contributed by atoms with Crippen molar-refractivity contribution in [3.63, 3.8) is 0 Å². The molecule has 0 bridgehead atoms. The summed E-state index contributed by atoms with van der Waals surface area (Å²) in [5, 5.41) is 9.11. The van der Waals surface area contributed by atoms with Crippen LogP contribution in [-0.2, 0) is 9.53 Å². The molecule has 0 aliphatic heterocycles. The van der Waals surface area contributed by atoms with Gasteiger partial charge in [-0.25, -0.2) is 4.79 Å². The maximum absolute atomic E-state index is 10.8. The molecule has 1 N–H and O–H groups in total. The molecule has 0 saturated carbocycles. The molecule has 0 aliphatic rings. The molecule has 1 aromatic rings. The molecule has 0 spiro atoms. The fourth-order valence-electron chi connectivity index (χ4n) is 0.899. The third-order valence-electron chi connectivity index (χ3n) is 1.55. The van der Waals surface area contributed by atoms with Gasteiger partial charge < -0.3 is 14.6 Å². The Kier molecular flexibility index (Phi) is 4.64. The fraction of sp³-hybridized carbons (Fsp3) is 0.100. The van der Waals surface area contributed by atoms with Gasteiger partial charge in [0.1, 0.15) is 12.0 Å². The lowest BCUT2D eigenvalue weighted by Crippen LogP contribution is -2.08. The summed E-state index contributed by atoms with van der Waals surface area (Å²) < 4.78 is 10.4. The molecule has 0 atom stereocenters. The number of ether oxygens (including phenoxy) is 2. The number of carboxylic acids is 1. The predicted molar refractivity (Wildman–Crippen MR) is 62.5 cm³/mol. The Morgan fingerprint density at radius 1 is 1.56 bits per heavy atom. The number of aliphatic carboxylic acids is 1. The summed E-state index contributed by atoms with van der Waals surface area (Å²) in [6, 6.07) is 4.87. The summed E-state index contributed by atoms with van der Waals surface area (Å²) >= 11 is 9.06. The van der Waals surface area contributed by atoms with Gasteiger partial charge in [0.2, 0.25) is 5.76 Å². The maximum atomic E-state index is 10.8. The van der Waals surface area contributed by atoms with Crippen LogP contribution >= 0.6 is 27.5 Å². The lowest BCUT2D eigenvalue weighted by atomic mass is 10.3. The van der Waals surface area contributed by atoms with E-state index in [1.807, 2.05) is 0 Å². The molecule has 1 rings (SSSR count). The topological polar surface area (TPSA) is 55.8 Å². The molecule has 0 heterocycles. The lowest BCUT2D eigenvalue weighted by molar-refractivity contribution is -0.135. The largest absolute Gasteiger partial charge is 0.500 e. The van der Waals surface area contributed by atoms with Crippen molar-refractivity contribution in [1.82, 2.24) is 0 Å². The van der Waals surface area contributed by atoms with Gasteiger partial charge in [-0.1, -0.05) is 27.5 Å². The summed E-state index contributed by atoms with van der Waals surface area (Å²) in [7, 11) is 1.33. The number of hydrogen-bond acceptors (Lipinski definition) is 3. The van der Waals surface area contributed by atoms with Crippen LogP contribution in [0.2, 0.25) is 5.02 Å². The second-order valence-electron chi connectivity index (χ2n) is 2.70. The number of rotatable bonds is 4. The summed E-state index contributed by atoms with van der Waals surface area (Å²) in [4.78, 5) is 10.8. The van der Waals surface area contributed by atoms with E-state index in [2.05, 4.69) is 20.7 Å². The molecule has 0 unspecified atom stereocenters. The van der Waals surface area contributed by atoms with Crippen molar-refractivity contribution < 1.29 is 19.4 Å². The molecule has 16 heavy (non-hydrogen) atoms. The van der Waals surface area contributed by atoms with Gasteiger partial charge in [0.05, 0.1) is 12.1 Å². The van der Waals surface area contributed by atoms with Crippen molar-refractivity contribution in [1.29, 1.82) is 0 Å². The zero-order chi connectivity index (χ0) is 12.1. The molecule has 0 radical (unpaired) electrons. The van der Waals surface area contributed by atoms with Gasteiger partial charge in [-0.2, -0.15) is 0 Å². The monoisotopic (exact) mass is 306 g/mol. The van der Waals surface area contributed by atoms with Gasteiger partial charge in [0.25, 0.3) is 0 Å². The van der Waals surface area contributed by atoms with Crippen molar-refractivity contribution >= 4 is 33.5 Å². The average molecular weight is 308 g/mol. The van der Waals surface area contributed by atoms with E-state index in [4.69, 9.17) is 21.4 Å². The summed E-state index contributed by atoms with van der Waals surface area (Å²) in [5.41, 5.74) is 0. The molecule has 86 valence electrons. The number of hydrogen-bond donors (Lipinski definition) is 1. The number of methoxy groups -OCH3 is 1. The standard InChI is InChI=1S/C10H8BrClO4/c1-15-5-9(10(13)14)16-8-4-6(11)2-3-7(8)12/h2-5H,1H3,(H,13,14)/b9-5-. The highest BCUT2D eigenvalue weighted by molar-refractivity contribution is 9.10. The van der Waals surface area contributed by atoms with E-state index in [0.29, 0.717) is 5.02 Å². The Hall–Kier alpha value is -1.20. The van der Waals surface area contributed by atoms with Crippen molar-refractivity contribution in [2.75, 3.05) is 7.11 Å². The van der Waals surface area contributed by atoms with Crippen LogP contribution < -0.4 is 4.74 Å². The molecule has 0 saturated heterocycles. The van der Waals surface area contributed by atoms with Crippen LogP contribution in [-0.4, -0.2) is 18.2 Å². The van der Waals surface area contributed by atoms with Crippen LogP contribution in [0.1, 0.15) is 0 Å². The average Bonchev–Trinajstić information content (AvgIpc) is 2.22. The Labute approximate surface area is 106 Å². The highest BCUT2D eigenvalue weighted by Gasteiger charge is 2.13. The minimum absolute atomic E-state index is 0.238. The van der Waals surface area contributed by atoms with Gasteiger partial charge in [0, 0.05) is 4.47 Å². The smallest absolute Gasteiger partial charge is 0.375 e. The van der Waals surface area contributed by atoms with Crippen LogP contribution in [0.3, 0.4) is 0 Å². The zero-order valence-corrected chi connectivity index (χ0v) is 10.6. The highest BCUT2D eigenvalue weighted by Crippen LogP contribution is 2.29. The molecule has 0 amide bonds. The highest BCUT2D eigenvalue weighted by atomic mass is 79.9. The quantitative estimate of drug-likeness (QED) is 0.686. The first-order chi connectivity index (χ1) is 7.54. The fourth-order valence-corrected chi connectivity index (χ4v) is 1.40. The molecule has 4 nitrogen and oxygen atoms in total. The number of halogens is 2. The Bertz CT molecular complexity index is 431. The molecule has 0 fully saturated rings. The van der Waals surface area contributed by atoms with E-state index >= 15 is 0 Å². The Morgan fingerprint density at radius 2 is 2.25 bits per heavy atom. The summed E-state index contributed by atoms with van der Waals surface area (Å²) in [6.45, 7) is 0. The van der Waals surface area contributed by atoms with Crippen molar-refractivity contribution in [3.8, 4) is 5.75 Å². The molecular weight excluding hydrogens is 299 g/mol. The van der Waals surface area contributed by atoms with Crippen LogP contribution in [0.25, 0.3) is 0 Å². The summed E-state index contributed by atoms with van der Waals surface area (Å²) in [6.07, 6.45) is 0.986. The molecule has 6 heteroatoms. The van der Waals surface area contributed by atoms with Gasteiger partial charge in [0.15, 0.2) is 0 Å². The van der Waals surface area contributed by atoms with Crippen LogP contribution in [0.15, 0.2) is 34.7 Å². The number of benzene rings is 1. The van der Waals surface area contributed by atoms with Gasteiger partial charge in [-0.05, 0) is 18.2 Å². The molecule has 0 aliphatic carbocycles. The zero-order valence-electron chi connectivity index (χ0n) is 8.24. The van der Waals surface area contributed by atoms with Crippen molar-refractivity contribution in [2.24, 2.45) is 0 Å². The summed E-state index contributed by atoms with van der Waals surface area (Å²) in [5.74, 6) is -1.35. The van der Waals surface area contributed by atoms with Crippen LogP contribution in [0.4, 0.5) is 0 Å². The van der Waals surface area contributed by atoms with Gasteiger partial charge in [-0.3, -0.25) is 0 Å². The van der Waals surface area contributed by atoms with Gasteiger partial charge >= 0.3 is 5.97 Å². The molecule has 1 aromatic carbocycles. The van der Waals surface area contributed by atoms with E-state index in [1.54, 1.807) is 18.2 Å². The van der Waals surface area contributed by atoms with Crippen molar-refractivity contribution in [3.05, 3.63) is 39.7 Å². The first-order valence-electron chi connectivity index (χ1n) is 4.13. The van der Waals surface area contributed by atoms with E-state index in [-0.39, 0.29) is 11.5 Å². The van der Waals surface area contributed by atoms with Gasteiger partial charge in [-0.15, -0.1) is 0 Å². The molecular formula is C10H8BrClO4. The third-order valence-corrected chi connectivity index (χ3v) is 2.35. The lowest BCUT2D eigenvalue weighted by Gasteiger charge is -2.07. The maximum Gasteiger partial charge on any atom is 0.375 e. The number of carbonyl (C=O) groups is 1. The first kappa shape index (κ1) is 12.9. The predicted octanol–water partition coefficient (Wildman–Crippen LogP) is 3.05. The Morgan fingerprint density at radius 3 is 2.81 bits per heavy atom. The molecule has 0 aromatic heterocycles.